The molecule has 31 heavy (non-hydrogen) atoms. The Labute approximate surface area is 192 Å². The van der Waals surface area contributed by atoms with Gasteiger partial charge < -0.3 is 0 Å². The van der Waals surface area contributed by atoms with E-state index in [4.69, 9.17) is 0 Å². The Bertz CT molecular complexity index is 831. The van der Waals surface area contributed by atoms with Crippen molar-refractivity contribution in [2.75, 3.05) is 0 Å². The molecule has 5 aliphatic carbocycles. The van der Waals surface area contributed by atoms with Gasteiger partial charge in [-0.15, -0.1) is 0 Å². The number of carbonyl (C=O) groups is 1. The number of ketones is 1. The topological polar surface area (TPSA) is 17.1 Å². The first-order valence-electron chi connectivity index (χ1n) is 13.4. The maximum Gasteiger partial charge on any atom is 0.138 e. The molecule has 0 radical (unpaired) electrons. The van der Waals surface area contributed by atoms with Gasteiger partial charge in [0.05, 0.1) is 0 Å². The molecule has 0 amide bonds. The Morgan fingerprint density at radius 2 is 1.35 bits per heavy atom. The number of carbonyl (C=O) groups excluding carboxylic acids is 1. The smallest absolute Gasteiger partial charge is 0.138 e. The average Bonchev–Trinajstić information content (AvgIpc) is 2.66. The van der Waals surface area contributed by atoms with Gasteiger partial charge in [0.1, 0.15) is 5.78 Å². The Kier molecular flexibility index (Phi) is 4.51. The molecule has 0 saturated heterocycles. The van der Waals surface area contributed by atoms with Crippen LogP contribution in [0.2, 0.25) is 0 Å². The summed E-state index contributed by atoms with van der Waals surface area (Å²) in [5, 5.41) is 0. The van der Waals surface area contributed by atoms with Crippen molar-refractivity contribution in [3.63, 3.8) is 0 Å². The van der Waals surface area contributed by atoms with Crippen LogP contribution in [-0.2, 0) is 4.79 Å². The second-order valence-electron chi connectivity index (χ2n) is 15.1. The fourth-order valence-corrected chi connectivity index (χ4v) is 10.7. The standard InChI is InChI=1S/C30H48O/c1-25(2)17-18-27(5)13-9-21-29(7)14-10-20-26(3,4)24(31)12-16-28(20,6)22(29)11-15-30(21,8)23(27)19-25/h9,20,22-23H,10-19H2,1-8H3/t20-,22-,23-,27+,28+,29+,30-/m1/s1. The van der Waals surface area contributed by atoms with Gasteiger partial charge in [-0.3, -0.25) is 4.79 Å². The summed E-state index contributed by atoms with van der Waals surface area (Å²) < 4.78 is 0. The van der Waals surface area contributed by atoms with Crippen LogP contribution in [0.5, 0.6) is 0 Å². The monoisotopic (exact) mass is 424 g/mol. The predicted octanol–water partition coefficient (Wildman–Crippen LogP) is 8.38. The van der Waals surface area contributed by atoms with Crippen LogP contribution in [0.1, 0.15) is 120 Å². The first-order chi connectivity index (χ1) is 14.2. The highest BCUT2D eigenvalue weighted by Crippen LogP contribution is 2.74. The molecule has 7 atom stereocenters. The highest BCUT2D eigenvalue weighted by Gasteiger charge is 2.66. The summed E-state index contributed by atoms with van der Waals surface area (Å²) in [4.78, 5) is 12.9. The Hall–Kier alpha value is -0.590. The van der Waals surface area contributed by atoms with Crippen molar-refractivity contribution in [1.29, 1.82) is 0 Å². The van der Waals surface area contributed by atoms with Gasteiger partial charge in [-0.1, -0.05) is 67.0 Å². The minimum Gasteiger partial charge on any atom is -0.299 e. The largest absolute Gasteiger partial charge is 0.299 e. The van der Waals surface area contributed by atoms with E-state index in [1.165, 1.54) is 51.4 Å². The van der Waals surface area contributed by atoms with Crippen LogP contribution in [0, 0.1) is 50.2 Å². The minimum atomic E-state index is -0.137. The lowest BCUT2D eigenvalue weighted by molar-refractivity contribution is -0.168. The van der Waals surface area contributed by atoms with Crippen LogP contribution < -0.4 is 0 Å². The van der Waals surface area contributed by atoms with Gasteiger partial charge in [-0.2, -0.15) is 0 Å². The lowest BCUT2D eigenvalue weighted by Crippen LogP contribution is -2.62. The van der Waals surface area contributed by atoms with E-state index in [1.807, 2.05) is 5.57 Å². The number of allylic oxidation sites excluding steroid dienone is 2. The van der Waals surface area contributed by atoms with Crippen molar-refractivity contribution in [2.45, 2.75) is 120 Å². The molecule has 5 rings (SSSR count). The normalized spacial score (nSPS) is 52.8. The molecule has 4 saturated carbocycles. The summed E-state index contributed by atoms with van der Waals surface area (Å²) in [6.07, 6.45) is 15.5. The molecule has 0 heterocycles. The molecule has 0 N–H and O–H groups in total. The minimum absolute atomic E-state index is 0.137. The van der Waals surface area contributed by atoms with Crippen molar-refractivity contribution in [3.05, 3.63) is 11.6 Å². The van der Waals surface area contributed by atoms with Crippen LogP contribution in [0.4, 0.5) is 0 Å². The predicted molar refractivity (Wildman–Crippen MR) is 130 cm³/mol. The second kappa shape index (κ2) is 6.29. The van der Waals surface area contributed by atoms with Gasteiger partial charge in [-0.25, -0.2) is 0 Å². The Morgan fingerprint density at radius 1 is 0.742 bits per heavy atom. The SMILES string of the molecule is CC1(C)CC[C@]2(C)CC=C3[C@]4(C)CC[C@@H]5C(C)(C)C(=O)CC[C@]5(C)[C@H]4CC[C@@]3(C)[C@@H]2C1. The highest BCUT2D eigenvalue weighted by atomic mass is 16.1. The first kappa shape index (κ1) is 22.2. The summed E-state index contributed by atoms with van der Waals surface area (Å²) in [5.74, 6) is 2.66. The number of fused-ring (bicyclic) bond motifs is 7. The summed E-state index contributed by atoms with van der Waals surface area (Å²) in [6, 6.07) is 0. The molecule has 1 heteroatoms. The van der Waals surface area contributed by atoms with Crippen molar-refractivity contribution in [2.24, 2.45) is 50.2 Å². The maximum absolute atomic E-state index is 12.9. The Morgan fingerprint density at radius 3 is 2.03 bits per heavy atom. The van der Waals surface area contributed by atoms with Gasteiger partial charge in [0.25, 0.3) is 0 Å². The third-order valence-electron chi connectivity index (χ3n) is 12.5. The molecule has 0 aromatic heterocycles. The summed E-state index contributed by atoms with van der Waals surface area (Å²) in [5.41, 5.74) is 3.73. The fourth-order valence-electron chi connectivity index (χ4n) is 10.7. The fraction of sp³-hybridized carbons (Fsp3) is 0.900. The lowest BCUT2D eigenvalue weighted by Gasteiger charge is -2.69. The molecule has 0 spiro atoms. The van der Waals surface area contributed by atoms with Gasteiger partial charge in [0.15, 0.2) is 0 Å². The van der Waals surface area contributed by atoms with E-state index in [0.717, 1.165) is 24.7 Å². The molecule has 0 aromatic rings. The first-order valence-corrected chi connectivity index (χ1v) is 13.4. The molecule has 1 nitrogen and oxygen atoms in total. The van der Waals surface area contributed by atoms with Crippen LogP contribution in [-0.4, -0.2) is 5.78 Å². The van der Waals surface area contributed by atoms with E-state index >= 15 is 0 Å². The van der Waals surface area contributed by atoms with Crippen molar-refractivity contribution in [3.8, 4) is 0 Å². The number of hydrogen-bond acceptors (Lipinski definition) is 1. The molecular weight excluding hydrogens is 376 g/mol. The van der Waals surface area contributed by atoms with Crippen LogP contribution in [0.15, 0.2) is 11.6 Å². The second-order valence-corrected chi connectivity index (χ2v) is 15.1. The number of hydrogen-bond donors (Lipinski definition) is 0. The molecule has 5 aliphatic rings. The van der Waals surface area contributed by atoms with Crippen molar-refractivity contribution in [1.82, 2.24) is 0 Å². The van der Waals surface area contributed by atoms with E-state index < -0.39 is 0 Å². The van der Waals surface area contributed by atoms with Crippen molar-refractivity contribution >= 4 is 5.78 Å². The Balaban J connectivity index is 1.56. The van der Waals surface area contributed by atoms with E-state index in [-0.39, 0.29) is 5.41 Å². The van der Waals surface area contributed by atoms with E-state index in [1.54, 1.807) is 0 Å². The third kappa shape index (κ3) is 2.76. The number of rotatable bonds is 0. The zero-order valence-electron chi connectivity index (χ0n) is 21.8. The van der Waals surface area contributed by atoms with Gasteiger partial charge in [0.2, 0.25) is 0 Å². The molecule has 0 aromatic carbocycles. The zero-order chi connectivity index (χ0) is 22.7. The lowest BCUT2D eigenvalue weighted by atomic mass is 9.35. The quantitative estimate of drug-likeness (QED) is 0.357. The average molecular weight is 425 g/mol. The highest BCUT2D eigenvalue weighted by molar-refractivity contribution is 5.85. The molecular formula is C30H48O. The van der Waals surface area contributed by atoms with Crippen LogP contribution in [0.25, 0.3) is 0 Å². The van der Waals surface area contributed by atoms with E-state index in [2.05, 4.69) is 61.5 Å². The van der Waals surface area contributed by atoms with Gasteiger partial charge >= 0.3 is 0 Å². The summed E-state index contributed by atoms with van der Waals surface area (Å²) >= 11 is 0. The van der Waals surface area contributed by atoms with Gasteiger partial charge in [0, 0.05) is 11.8 Å². The zero-order valence-corrected chi connectivity index (χ0v) is 21.8. The summed E-state index contributed by atoms with van der Waals surface area (Å²) in [6.45, 7) is 20.1. The maximum atomic E-state index is 12.9. The molecule has 0 aliphatic heterocycles. The molecule has 4 fully saturated rings. The third-order valence-corrected chi connectivity index (χ3v) is 12.5. The molecule has 0 bridgehead atoms. The van der Waals surface area contributed by atoms with Crippen LogP contribution in [0.3, 0.4) is 0 Å². The van der Waals surface area contributed by atoms with E-state index in [9.17, 15) is 4.79 Å². The number of Topliss-reactive ketones (excluding diaryl/α,β-unsaturated/α-hetero) is 1. The van der Waals surface area contributed by atoms with Crippen molar-refractivity contribution < 1.29 is 4.79 Å². The summed E-state index contributed by atoms with van der Waals surface area (Å²) in [7, 11) is 0. The molecule has 174 valence electrons. The van der Waals surface area contributed by atoms with E-state index in [0.29, 0.717) is 38.8 Å². The van der Waals surface area contributed by atoms with Gasteiger partial charge in [-0.05, 0) is 103 Å². The molecule has 0 unspecified atom stereocenters. The van der Waals surface area contributed by atoms with Crippen LogP contribution >= 0.6 is 0 Å².